The number of carbonyl (C=O) groups excluding carboxylic acids is 1. The predicted molar refractivity (Wildman–Crippen MR) is 115 cm³/mol. The van der Waals surface area contributed by atoms with E-state index >= 15 is 0 Å². The van der Waals surface area contributed by atoms with E-state index in [2.05, 4.69) is 15.2 Å². The van der Waals surface area contributed by atoms with Crippen molar-refractivity contribution >= 4 is 17.2 Å². The van der Waals surface area contributed by atoms with Gasteiger partial charge in [0.25, 0.3) is 0 Å². The third kappa shape index (κ3) is 5.86. The third-order valence-corrected chi connectivity index (χ3v) is 6.45. The highest BCUT2D eigenvalue weighted by molar-refractivity contribution is 7.09. The quantitative estimate of drug-likeness (QED) is 0.647. The number of halogens is 3. The molecule has 2 N–H and O–H groups in total. The van der Waals surface area contributed by atoms with Crippen LogP contribution in [0.3, 0.4) is 0 Å². The molecular weight excluding hydrogens is 443 g/mol. The van der Waals surface area contributed by atoms with E-state index in [-0.39, 0.29) is 18.8 Å². The van der Waals surface area contributed by atoms with Crippen molar-refractivity contribution in [2.45, 2.75) is 64.3 Å². The van der Waals surface area contributed by atoms with Crippen LogP contribution >= 0.6 is 11.3 Å². The summed E-state index contributed by atoms with van der Waals surface area (Å²) in [4.78, 5) is 18.4. The van der Waals surface area contributed by atoms with Crippen LogP contribution in [0.4, 0.5) is 13.2 Å². The molecular formula is C22H28F3N3O3S. The zero-order valence-corrected chi connectivity index (χ0v) is 19.1. The average Bonchev–Trinajstić information content (AvgIpc) is 3.12. The third-order valence-electron chi connectivity index (χ3n) is 5.34. The van der Waals surface area contributed by atoms with Gasteiger partial charge in [0, 0.05) is 37.3 Å². The number of nitrogens with zero attached hydrogens (tertiary/aromatic N) is 2. The van der Waals surface area contributed by atoms with E-state index in [0.29, 0.717) is 23.6 Å². The Balaban J connectivity index is 1.67. The molecule has 1 aliphatic heterocycles. The highest BCUT2D eigenvalue weighted by Gasteiger charge is 2.58. The Labute approximate surface area is 189 Å². The summed E-state index contributed by atoms with van der Waals surface area (Å²) in [6, 6.07) is 7.49. The maximum absolute atomic E-state index is 13.6. The second-order valence-electron chi connectivity index (χ2n) is 8.33. The van der Waals surface area contributed by atoms with Gasteiger partial charge in [0.15, 0.2) is 0 Å². The Bertz CT molecular complexity index is 926. The van der Waals surface area contributed by atoms with Crippen molar-refractivity contribution in [1.82, 2.24) is 15.2 Å². The number of ether oxygens (including phenoxy) is 1. The Morgan fingerprint density at radius 1 is 1.25 bits per heavy atom. The fourth-order valence-electron chi connectivity index (χ4n) is 3.87. The first-order valence-electron chi connectivity index (χ1n) is 10.4. The zero-order valence-electron chi connectivity index (χ0n) is 18.3. The first-order valence-corrected chi connectivity index (χ1v) is 11.3. The molecule has 2 aromatic rings. The number of amides is 1. The molecule has 6 nitrogen and oxygen atoms in total. The molecule has 0 aliphatic carbocycles. The Morgan fingerprint density at radius 3 is 2.44 bits per heavy atom. The maximum atomic E-state index is 13.6. The summed E-state index contributed by atoms with van der Waals surface area (Å²) in [6.45, 7) is 7.82. The lowest BCUT2D eigenvalue weighted by atomic mass is 9.99. The molecule has 32 heavy (non-hydrogen) atoms. The van der Waals surface area contributed by atoms with Crippen molar-refractivity contribution in [2.24, 2.45) is 0 Å². The molecule has 1 amide bonds. The molecule has 0 spiro atoms. The number of alkyl halides is 3. The predicted octanol–water partition coefficient (Wildman–Crippen LogP) is 3.52. The monoisotopic (exact) mass is 471 g/mol. The SMILES string of the molecule is Cc1csc(C(O)(CC(=O)NCc2ccccc2CN2CC(C)OC(C)C2)C(F)(F)F)n1. The minimum absolute atomic E-state index is 0.0648. The number of carbonyl (C=O) groups is 1. The van der Waals surface area contributed by atoms with Crippen molar-refractivity contribution in [2.75, 3.05) is 13.1 Å². The highest BCUT2D eigenvalue weighted by atomic mass is 32.1. The lowest BCUT2D eigenvalue weighted by molar-refractivity contribution is -0.267. The van der Waals surface area contributed by atoms with Crippen LogP contribution in [0, 0.1) is 6.92 Å². The zero-order chi connectivity index (χ0) is 23.5. The molecule has 3 atom stereocenters. The molecule has 1 aromatic carbocycles. The van der Waals surface area contributed by atoms with Gasteiger partial charge in [-0.2, -0.15) is 13.2 Å². The van der Waals surface area contributed by atoms with E-state index in [9.17, 15) is 23.1 Å². The minimum atomic E-state index is -5.03. The number of benzene rings is 1. The molecule has 1 fully saturated rings. The van der Waals surface area contributed by atoms with Crippen molar-refractivity contribution in [3.8, 4) is 0 Å². The summed E-state index contributed by atoms with van der Waals surface area (Å²) in [5.41, 5.74) is -1.17. The van der Waals surface area contributed by atoms with E-state index in [1.165, 1.54) is 12.3 Å². The molecule has 1 aliphatic rings. The van der Waals surface area contributed by atoms with Gasteiger partial charge < -0.3 is 15.2 Å². The number of aliphatic hydroxyl groups is 1. The maximum Gasteiger partial charge on any atom is 0.424 e. The molecule has 0 bridgehead atoms. The first kappa shape index (κ1) is 24.6. The molecule has 3 unspecified atom stereocenters. The molecule has 3 rings (SSSR count). The number of aromatic nitrogens is 1. The molecule has 1 saturated heterocycles. The summed E-state index contributed by atoms with van der Waals surface area (Å²) in [7, 11) is 0. The second-order valence-corrected chi connectivity index (χ2v) is 9.18. The summed E-state index contributed by atoms with van der Waals surface area (Å²) < 4.78 is 46.7. The van der Waals surface area contributed by atoms with Gasteiger partial charge in [-0.25, -0.2) is 4.98 Å². The van der Waals surface area contributed by atoms with Gasteiger partial charge in [-0.3, -0.25) is 9.69 Å². The number of rotatable bonds is 7. The van der Waals surface area contributed by atoms with Gasteiger partial charge in [-0.05, 0) is 31.9 Å². The van der Waals surface area contributed by atoms with Gasteiger partial charge in [0.2, 0.25) is 11.5 Å². The lowest BCUT2D eigenvalue weighted by Crippen LogP contribution is -2.46. The number of aryl methyl sites for hydroxylation is 1. The Morgan fingerprint density at radius 2 is 1.88 bits per heavy atom. The first-order chi connectivity index (χ1) is 15.0. The number of nitrogens with one attached hydrogen (secondary N) is 1. The van der Waals surface area contributed by atoms with Crippen LogP contribution in [0.15, 0.2) is 29.6 Å². The standard InChI is InChI=1S/C22H28F3N3O3S/c1-14-13-32-20(27-14)21(30,22(23,24)25)8-19(29)26-9-17-6-4-5-7-18(17)12-28-10-15(2)31-16(3)11-28/h4-7,13,15-16,30H,8-12H2,1-3H3,(H,26,29). The van der Waals surface area contributed by atoms with Crippen molar-refractivity contribution < 1.29 is 27.8 Å². The number of hydrogen-bond acceptors (Lipinski definition) is 6. The molecule has 176 valence electrons. The van der Waals surface area contributed by atoms with E-state index in [4.69, 9.17) is 4.74 Å². The van der Waals surface area contributed by atoms with E-state index in [0.717, 1.165) is 24.2 Å². The number of morpholine rings is 1. The lowest BCUT2D eigenvalue weighted by Gasteiger charge is -2.35. The number of hydrogen-bond donors (Lipinski definition) is 2. The van der Waals surface area contributed by atoms with Crippen LogP contribution in [-0.4, -0.2) is 52.4 Å². The van der Waals surface area contributed by atoms with Crippen LogP contribution in [0.1, 0.15) is 42.1 Å². The van der Waals surface area contributed by atoms with Gasteiger partial charge in [0.1, 0.15) is 5.01 Å². The molecule has 2 heterocycles. The normalized spacial score (nSPS) is 21.8. The summed E-state index contributed by atoms with van der Waals surface area (Å²) >= 11 is 0.685. The minimum Gasteiger partial charge on any atom is -0.374 e. The number of thiazole rings is 1. The molecule has 10 heteroatoms. The molecule has 0 saturated carbocycles. The van der Waals surface area contributed by atoms with Crippen LogP contribution in [-0.2, 0) is 28.2 Å². The van der Waals surface area contributed by atoms with E-state index in [1.54, 1.807) is 0 Å². The average molecular weight is 472 g/mol. The molecule has 0 radical (unpaired) electrons. The Kier molecular flexibility index (Phi) is 7.59. The van der Waals surface area contributed by atoms with E-state index < -0.39 is 29.1 Å². The molecule has 1 aromatic heterocycles. The smallest absolute Gasteiger partial charge is 0.374 e. The van der Waals surface area contributed by atoms with Crippen molar-refractivity contribution in [3.05, 3.63) is 51.5 Å². The fraction of sp³-hybridized carbons (Fsp3) is 0.545. The topological polar surface area (TPSA) is 74.7 Å². The van der Waals surface area contributed by atoms with Crippen LogP contribution < -0.4 is 5.32 Å². The summed E-state index contributed by atoms with van der Waals surface area (Å²) in [6.07, 6.45) is -5.96. The van der Waals surface area contributed by atoms with Crippen LogP contribution in [0.2, 0.25) is 0 Å². The fourth-order valence-corrected chi connectivity index (χ4v) is 4.78. The van der Waals surface area contributed by atoms with Gasteiger partial charge in [-0.1, -0.05) is 24.3 Å². The summed E-state index contributed by atoms with van der Waals surface area (Å²) in [5, 5.41) is 13.8. The van der Waals surface area contributed by atoms with Crippen molar-refractivity contribution in [3.63, 3.8) is 0 Å². The van der Waals surface area contributed by atoms with Gasteiger partial charge >= 0.3 is 6.18 Å². The van der Waals surface area contributed by atoms with Crippen LogP contribution in [0.5, 0.6) is 0 Å². The van der Waals surface area contributed by atoms with Crippen LogP contribution in [0.25, 0.3) is 0 Å². The van der Waals surface area contributed by atoms with Gasteiger partial charge in [-0.15, -0.1) is 11.3 Å². The Hall–Kier alpha value is -2.01. The van der Waals surface area contributed by atoms with Gasteiger partial charge in [0.05, 0.1) is 18.6 Å². The summed E-state index contributed by atoms with van der Waals surface area (Å²) in [5.74, 6) is -0.902. The highest BCUT2D eigenvalue weighted by Crippen LogP contribution is 2.42. The largest absolute Gasteiger partial charge is 0.424 e. The van der Waals surface area contributed by atoms with Crippen molar-refractivity contribution in [1.29, 1.82) is 0 Å². The van der Waals surface area contributed by atoms with E-state index in [1.807, 2.05) is 38.1 Å². The second kappa shape index (κ2) is 9.86.